The van der Waals surface area contributed by atoms with Gasteiger partial charge in [-0.15, -0.1) is 12.4 Å². The summed E-state index contributed by atoms with van der Waals surface area (Å²) in [5.74, 6) is 0. The molecule has 0 heterocycles. The number of halogens is 1. The first-order chi connectivity index (χ1) is 8.85. The molecule has 1 fully saturated rings. The Labute approximate surface area is 123 Å². The lowest BCUT2D eigenvalue weighted by Gasteiger charge is -2.36. The molecule has 1 saturated carbocycles. The molecule has 106 valence electrons. The van der Waals surface area contributed by atoms with Crippen LogP contribution in [0.2, 0.25) is 0 Å². The van der Waals surface area contributed by atoms with Crippen LogP contribution in [-0.2, 0) is 6.42 Å². The fourth-order valence-electron chi connectivity index (χ4n) is 3.00. The Kier molecular flexibility index (Phi) is 7.19. The van der Waals surface area contributed by atoms with Gasteiger partial charge in [0.15, 0.2) is 0 Å². The van der Waals surface area contributed by atoms with Gasteiger partial charge in [0, 0.05) is 5.54 Å². The molecule has 19 heavy (non-hydrogen) atoms. The molecule has 1 aromatic rings. The first-order valence-electron chi connectivity index (χ1n) is 7.27. The Hall–Kier alpha value is -0.790. The van der Waals surface area contributed by atoms with Crippen LogP contribution in [-0.4, -0.2) is 12.1 Å². The number of hydrogen-bond donors (Lipinski definition) is 1. The molecule has 0 aromatic heterocycles. The first kappa shape index (κ1) is 16.3. The summed E-state index contributed by atoms with van der Waals surface area (Å²) in [6, 6.07) is 10.8. The van der Waals surface area contributed by atoms with Crippen LogP contribution in [0.5, 0.6) is 0 Å². The van der Waals surface area contributed by atoms with Gasteiger partial charge < -0.3 is 5.32 Å². The van der Waals surface area contributed by atoms with Crippen molar-refractivity contribution in [3.05, 3.63) is 48.0 Å². The van der Waals surface area contributed by atoms with Crippen molar-refractivity contribution in [2.75, 3.05) is 6.54 Å². The molecule has 2 rings (SSSR count). The van der Waals surface area contributed by atoms with Crippen molar-refractivity contribution in [2.45, 2.75) is 51.0 Å². The van der Waals surface area contributed by atoms with E-state index in [0.717, 1.165) is 13.0 Å². The molecular weight excluding hydrogens is 254 g/mol. The minimum Gasteiger partial charge on any atom is -0.308 e. The largest absolute Gasteiger partial charge is 0.308 e. The van der Waals surface area contributed by atoms with Crippen LogP contribution in [0.4, 0.5) is 0 Å². The van der Waals surface area contributed by atoms with Crippen LogP contribution in [0.1, 0.15) is 44.6 Å². The standard InChI is InChI=1S/C17H25N.ClH/c1-2-12-17(13-7-4-8-14-17)18-15-11-16-9-5-3-6-10-16;/h2-3,5-6,9-10,12,18H,4,7-8,11,13-15H2,1H3;1H. The van der Waals surface area contributed by atoms with Crippen LogP contribution >= 0.6 is 12.4 Å². The van der Waals surface area contributed by atoms with Gasteiger partial charge in [-0.05, 0) is 38.3 Å². The predicted octanol–water partition coefficient (Wildman–Crippen LogP) is 4.52. The summed E-state index contributed by atoms with van der Waals surface area (Å²) in [6.45, 7) is 3.21. The van der Waals surface area contributed by atoms with Crippen molar-refractivity contribution in [1.29, 1.82) is 0 Å². The summed E-state index contributed by atoms with van der Waals surface area (Å²) in [5.41, 5.74) is 1.71. The van der Waals surface area contributed by atoms with Crippen molar-refractivity contribution in [3.63, 3.8) is 0 Å². The second-order valence-electron chi connectivity index (χ2n) is 5.38. The smallest absolute Gasteiger partial charge is 0.0364 e. The predicted molar refractivity (Wildman–Crippen MR) is 86.0 cm³/mol. The molecule has 0 atom stereocenters. The van der Waals surface area contributed by atoms with Crippen molar-refractivity contribution in [3.8, 4) is 0 Å². The molecule has 1 aliphatic rings. The number of nitrogens with one attached hydrogen (secondary N) is 1. The van der Waals surface area contributed by atoms with Gasteiger partial charge in [-0.2, -0.15) is 0 Å². The third-order valence-corrected chi connectivity index (χ3v) is 3.97. The summed E-state index contributed by atoms with van der Waals surface area (Å²) < 4.78 is 0. The third kappa shape index (κ3) is 5.00. The SMILES string of the molecule is CC=CC1(NCCc2ccccc2)CCCCC1.Cl. The minimum atomic E-state index is 0. The van der Waals surface area contributed by atoms with Gasteiger partial charge in [0.25, 0.3) is 0 Å². The fraction of sp³-hybridized carbons (Fsp3) is 0.529. The van der Waals surface area contributed by atoms with Crippen LogP contribution in [0, 0.1) is 0 Å². The number of benzene rings is 1. The monoisotopic (exact) mass is 279 g/mol. The molecular formula is C17H26ClN. The summed E-state index contributed by atoms with van der Waals surface area (Å²) in [5, 5.41) is 3.80. The van der Waals surface area contributed by atoms with Crippen LogP contribution < -0.4 is 5.32 Å². The quantitative estimate of drug-likeness (QED) is 0.782. The average Bonchev–Trinajstić information content (AvgIpc) is 2.41. The summed E-state index contributed by atoms with van der Waals surface area (Å²) in [4.78, 5) is 0. The van der Waals surface area contributed by atoms with Gasteiger partial charge in [-0.1, -0.05) is 61.7 Å². The Balaban J connectivity index is 0.00000180. The molecule has 1 aliphatic carbocycles. The Morgan fingerprint density at radius 2 is 1.79 bits per heavy atom. The van der Waals surface area contributed by atoms with E-state index < -0.39 is 0 Å². The molecule has 1 nitrogen and oxygen atoms in total. The lowest BCUT2D eigenvalue weighted by molar-refractivity contribution is 0.291. The molecule has 0 amide bonds. The normalized spacial score (nSPS) is 18.2. The summed E-state index contributed by atoms with van der Waals surface area (Å²) in [6.07, 6.45) is 12.4. The van der Waals surface area contributed by atoms with Gasteiger partial charge in [0.2, 0.25) is 0 Å². The maximum atomic E-state index is 3.80. The molecule has 1 N–H and O–H groups in total. The number of rotatable bonds is 5. The van der Waals surface area contributed by atoms with Crippen molar-refractivity contribution < 1.29 is 0 Å². The van der Waals surface area contributed by atoms with Gasteiger partial charge in [0.1, 0.15) is 0 Å². The Morgan fingerprint density at radius 3 is 2.42 bits per heavy atom. The second kappa shape index (κ2) is 8.39. The topological polar surface area (TPSA) is 12.0 Å². The van der Waals surface area contributed by atoms with E-state index >= 15 is 0 Å². The molecule has 0 aliphatic heterocycles. The molecule has 0 saturated heterocycles. The van der Waals surface area contributed by atoms with Gasteiger partial charge >= 0.3 is 0 Å². The average molecular weight is 280 g/mol. The van der Waals surface area contributed by atoms with Crippen LogP contribution in [0.25, 0.3) is 0 Å². The van der Waals surface area contributed by atoms with Crippen molar-refractivity contribution in [2.24, 2.45) is 0 Å². The van der Waals surface area contributed by atoms with Gasteiger partial charge in [-0.3, -0.25) is 0 Å². The van der Waals surface area contributed by atoms with E-state index in [1.165, 1.54) is 37.7 Å². The molecule has 0 radical (unpaired) electrons. The highest BCUT2D eigenvalue weighted by Gasteiger charge is 2.27. The van der Waals surface area contributed by atoms with E-state index in [-0.39, 0.29) is 17.9 Å². The van der Waals surface area contributed by atoms with E-state index in [1.807, 2.05) is 0 Å². The number of allylic oxidation sites excluding steroid dienone is 1. The lowest BCUT2D eigenvalue weighted by atomic mass is 9.81. The zero-order valence-electron chi connectivity index (χ0n) is 11.9. The zero-order chi connectivity index (χ0) is 12.7. The summed E-state index contributed by atoms with van der Waals surface area (Å²) >= 11 is 0. The molecule has 0 bridgehead atoms. The van der Waals surface area contributed by atoms with Gasteiger partial charge in [0.05, 0.1) is 0 Å². The maximum Gasteiger partial charge on any atom is 0.0364 e. The zero-order valence-corrected chi connectivity index (χ0v) is 12.7. The minimum absolute atomic E-state index is 0. The highest BCUT2D eigenvalue weighted by Crippen LogP contribution is 2.29. The van der Waals surface area contributed by atoms with E-state index in [1.54, 1.807) is 0 Å². The Morgan fingerprint density at radius 1 is 1.11 bits per heavy atom. The fourth-order valence-corrected chi connectivity index (χ4v) is 3.00. The van der Waals surface area contributed by atoms with E-state index in [2.05, 4.69) is 54.7 Å². The van der Waals surface area contributed by atoms with Crippen molar-refractivity contribution in [1.82, 2.24) is 5.32 Å². The van der Waals surface area contributed by atoms with Gasteiger partial charge in [-0.25, -0.2) is 0 Å². The van der Waals surface area contributed by atoms with E-state index in [4.69, 9.17) is 0 Å². The van der Waals surface area contributed by atoms with Crippen LogP contribution in [0.15, 0.2) is 42.5 Å². The molecule has 1 aromatic carbocycles. The second-order valence-corrected chi connectivity index (χ2v) is 5.38. The third-order valence-electron chi connectivity index (χ3n) is 3.97. The Bertz CT molecular complexity index is 366. The molecule has 2 heteroatoms. The molecule has 0 unspecified atom stereocenters. The van der Waals surface area contributed by atoms with E-state index in [9.17, 15) is 0 Å². The highest BCUT2D eigenvalue weighted by molar-refractivity contribution is 5.85. The number of hydrogen-bond acceptors (Lipinski definition) is 1. The van der Waals surface area contributed by atoms with E-state index in [0.29, 0.717) is 0 Å². The highest BCUT2D eigenvalue weighted by atomic mass is 35.5. The van der Waals surface area contributed by atoms with Crippen molar-refractivity contribution >= 4 is 12.4 Å². The maximum absolute atomic E-state index is 3.80. The molecule has 0 spiro atoms. The first-order valence-corrected chi connectivity index (χ1v) is 7.27. The summed E-state index contributed by atoms with van der Waals surface area (Å²) in [7, 11) is 0. The van der Waals surface area contributed by atoms with Crippen LogP contribution in [0.3, 0.4) is 0 Å². The lowest BCUT2D eigenvalue weighted by Crippen LogP contribution is -2.45.